The van der Waals surface area contributed by atoms with E-state index in [-0.39, 0.29) is 22.5 Å². The Bertz CT molecular complexity index is 1750. The number of amides is 2. The Morgan fingerprint density at radius 2 is 1.67 bits per heavy atom. The van der Waals surface area contributed by atoms with Crippen molar-refractivity contribution >= 4 is 69.5 Å². The van der Waals surface area contributed by atoms with Gasteiger partial charge in [-0.3, -0.25) is 14.5 Å². The van der Waals surface area contributed by atoms with E-state index < -0.39 is 58.2 Å². The van der Waals surface area contributed by atoms with Crippen LogP contribution in [0.2, 0.25) is 0 Å². The minimum absolute atomic E-state index is 0.00913. The Morgan fingerprint density at radius 3 is 2.20 bits per heavy atom. The predicted molar refractivity (Wildman–Crippen MR) is 185 cm³/mol. The number of anilines is 1. The molecule has 2 aromatic carbocycles. The van der Waals surface area contributed by atoms with Crippen LogP contribution in [-0.2, 0) is 33.5 Å². The van der Waals surface area contributed by atoms with Crippen LogP contribution in [0, 0.1) is 0 Å². The number of carbonyl (C=O) groups is 4. The number of nitrogens with one attached hydrogen (secondary N) is 1. The first kappa shape index (κ1) is 35.8. The maximum Gasteiger partial charge on any atom is 0.356 e. The Morgan fingerprint density at radius 1 is 1.06 bits per heavy atom. The first-order valence-corrected chi connectivity index (χ1v) is 17.5. The van der Waals surface area contributed by atoms with Crippen LogP contribution in [0.5, 0.6) is 0 Å². The lowest BCUT2D eigenvalue weighted by molar-refractivity contribution is -0.179. The topological polar surface area (TPSA) is 175 Å². The molecule has 16 heteroatoms. The number of alkyl halides is 1. The minimum Gasteiger partial charge on any atom is -0.457 e. The lowest BCUT2D eigenvalue weighted by atomic mass is 10.0. The van der Waals surface area contributed by atoms with E-state index in [1.54, 1.807) is 20.8 Å². The van der Waals surface area contributed by atoms with Crippen molar-refractivity contribution in [1.29, 1.82) is 0 Å². The van der Waals surface area contributed by atoms with Crippen molar-refractivity contribution in [2.75, 3.05) is 17.4 Å². The van der Waals surface area contributed by atoms with E-state index >= 15 is 0 Å². The van der Waals surface area contributed by atoms with Gasteiger partial charge in [-0.1, -0.05) is 65.8 Å². The lowest BCUT2D eigenvalue weighted by Crippen LogP contribution is -2.71. The van der Waals surface area contributed by atoms with Crippen LogP contribution in [0.15, 0.2) is 77.1 Å². The number of thioether (sulfide) groups is 1. The van der Waals surface area contributed by atoms with Gasteiger partial charge >= 0.3 is 11.9 Å². The Labute approximate surface area is 296 Å². The van der Waals surface area contributed by atoms with Gasteiger partial charge in [0.05, 0.1) is 0 Å². The van der Waals surface area contributed by atoms with E-state index in [0.717, 1.165) is 22.7 Å². The summed E-state index contributed by atoms with van der Waals surface area (Å²) in [6, 6.07) is 17.5. The van der Waals surface area contributed by atoms with Gasteiger partial charge in [0.1, 0.15) is 22.7 Å². The van der Waals surface area contributed by atoms with Crippen LogP contribution in [0.3, 0.4) is 0 Å². The van der Waals surface area contributed by atoms with Gasteiger partial charge in [-0.2, -0.15) is 9.36 Å². The van der Waals surface area contributed by atoms with Crippen LogP contribution >= 0.6 is 34.9 Å². The average molecular weight is 727 g/mol. The highest BCUT2D eigenvalue weighted by Gasteiger charge is 2.55. The van der Waals surface area contributed by atoms with Crippen molar-refractivity contribution in [3.05, 3.63) is 88.9 Å². The second-order valence-electron chi connectivity index (χ2n) is 12.6. The monoisotopic (exact) mass is 726 g/mol. The van der Waals surface area contributed by atoms with Crippen LogP contribution in [0.4, 0.5) is 5.13 Å². The summed E-state index contributed by atoms with van der Waals surface area (Å²) in [5.74, 6) is -2.72. The highest BCUT2D eigenvalue weighted by Crippen LogP contribution is 2.42. The van der Waals surface area contributed by atoms with E-state index in [4.69, 9.17) is 31.6 Å². The molecule has 1 aromatic heterocycles. The molecule has 5 rings (SSSR count). The summed E-state index contributed by atoms with van der Waals surface area (Å²) in [7, 11) is 0. The van der Waals surface area contributed by atoms with Crippen molar-refractivity contribution < 1.29 is 33.5 Å². The molecule has 1 fully saturated rings. The fourth-order valence-electron chi connectivity index (χ4n) is 4.84. The first-order valence-electron chi connectivity index (χ1n) is 15.1. The number of nitrogens with two attached hydrogens (primary N) is 1. The number of β-lactam (4-membered cyclic amide) rings is 1. The van der Waals surface area contributed by atoms with Crippen LogP contribution < -0.4 is 11.1 Å². The van der Waals surface area contributed by atoms with E-state index in [0.29, 0.717) is 11.3 Å². The molecule has 0 aliphatic carbocycles. The number of oxime groups is 1. The molecule has 2 aliphatic rings. The van der Waals surface area contributed by atoms with Gasteiger partial charge in [0, 0.05) is 23.2 Å². The van der Waals surface area contributed by atoms with Crippen molar-refractivity contribution in [3.63, 3.8) is 0 Å². The zero-order valence-corrected chi connectivity index (χ0v) is 29.7. The number of aromatic nitrogens is 2. The maximum absolute atomic E-state index is 13.9. The van der Waals surface area contributed by atoms with E-state index in [2.05, 4.69) is 19.8 Å². The highest BCUT2D eigenvalue weighted by molar-refractivity contribution is 8.00. The third-order valence-corrected chi connectivity index (χ3v) is 9.45. The number of esters is 2. The summed E-state index contributed by atoms with van der Waals surface area (Å²) in [5, 5.41) is 5.98. The standard InChI is InChI=1S/C33H35ClN6O7S2/c1-32(2,3)46-30(44)33(4,5)47-38-21(25-37-31(35)49-39-25)26(41)36-22-27(42)40-23(20(16-34)17-48-28(22)40)29(43)45-24(18-12-8-6-9-13-18)19-14-10-7-11-15-19/h6-15,22,24,28H,16-17H2,1-5H3,(H,36,41)(H2,35,37,39)/b38-21+/t22-,28-/m1/s1. The summed E-state index contributed by atoms with van der Waals surface area (Å²) in [6.07, 6.45) is -0.749. The normalized spacial score (nSPS) is 18.1. The van der Waals surface area contributed by atoms with Crippen molar-refractivity contribution in [2.24, 2.45) is 5.16 Å². The molecule has 49 heavy (non-hydrogen) atoms. The molecule has 0 spiro atoms. The van der Waals surface area contributed by atoms with Gasteiger partial charge in [-0.05, 0) is 51.3 Å². The number of nitrogens with zero attached hydrogens (tertiary/aromatic N) is 4. The van der Waals surface area contributed by atoms with Gasteiger partial charge < -0.3 is 25.4 Å². The molecular weight excluding hydrogens is 692 g/mol. The third kappa shape index (κ3) is 8.06. The zero-order chi connectivity index (χ0) is 35.5. The third-order valence-electron chi connectivity index (χ3n) is 7.24. The molecule has 0 bridgehead atoms. The number of halogens is 1. The van der Waals surface area contributed by atoms with Gasteiger partial charge in [0.15, 0.2) is 11.2 Å². The molecular formula is C33H35ClN6O7S2. The van der Waals surface area contributed by atoms with Crippen molar-refractivity contribution in [3.8, 4) is 0 Å². The first-order chi connectivity index (χ1) is 23.2. The molecule has 0 radical (unpaired) electrons. The lowest BCUT2D eigenvalue weighted by Gasteiger charge is -2.49. The highest BCUT2D eigenvalue weighted by atomic mass is 35.5. The van der Waals surface area contributed by atoms with E-state index in [1.165, 1.54) is 30.5 Å². The smallest absolute Gasteiger partial charge is 0.356 e. The SMILES string of the molecule is CC(C)(C)OC(=O)C(C)(C)O/N=C(/C(=O)N[C@@H]1C(=O)N2C(C(=O)OC(c3ccccc3)c3ccccc3)=C(CCl)CS[C@H]12)c1nsc(N)n1. The van der Waals surface area contributed by atoms with Crippen LogP contribution in [-0.4, -0.2) is 78.0 Å². The van der Waals surface area contributed by atoms with E-state index in [1.807, 2.05) is 60.7 Å². The second kappa shape index (κ2) is 14.6. The summed E-state index contributed by atoms with van der Waals surface area (Å²) >= 11 is 8.41. The Balaban J connectivity index is 1.36. The Kier molecular flexibility index (Phi) is 10.6. The molecule has 0 saturated carbocycles. The number of fused-ring (bicyclic) bond motifs is 1. The number of benzene rings is 2. The Hall–Kier alpha value is -4.47. The molecule has 2 aliphatic heterocycles. The van der Waals surface area contributed by atoms with Crippen LogP contribution in [0.25, 0.3) is 0 Å². The number of rotatable bonds is 11. The minimum atomic E-state index is -1.60. The summed E-state index contributed by atoms with van der Waals surface area (Å²) < 4.78 is 15.5. The van der Waals surface area contributed by atoms with Gasteiger partial charge in [-0.15, -0.1) is 23.4 Å². The average Bonchev–Trinajstić information content (AvgIpc) is 3.50. The number of hydrogen-bond donors (Lipinski definition) is 2. The summed E-state index contributed by atoms with van der Waals surface area (Å²) in [5.41, 5.74) is 5.00. The molecule has 13 nitrogen and oxygen atoms in total. The summed E-state index contributed by atoms with van der Waals surface area (Å²) in [6.45, 7) is 7.96. The van der Waals surface area contributed by atoms with Gasteiger partial charge in [-0.25, -0.2) is 9.59 Å². The predicted octanol–water partition coefficient (Wildman–Crippen LogP) is 4.19. The largest absolute Gasteiger partial charge is 0.457 e. The van der Waals surface area contributed by atoms with Gasteiger partial charge in [0.25, 0.3) is 11.8 Å². The molecule has 2 atom stereocenters. The quantitative estimate of drug-likeness (QED) is 0.0953. The fraction of sp³-hybridized carbons (Fsp3) is 0.364. The second-order valence-corrected chi connectivity index (χ2v) is 14.7. The molecule has 2 amide bonds. The fourth-order valence-corrected chi connectivity index (χ4v) is 6.96. The van der Waals surface area contributed by atoms with E-state index in [9.17, 15) is 19.2 Å². The number of hydrogen-bond acceptors (Lipinski definition) is 13. The molecule has 1 saturated heterocycles. The number of ether oxygens (including phenoxy) is 2. The molecule has 3 aromatic rings. The van der Waals surface area contributed by atoms with Crippen LogP contribution in [0.1, 0.15) is 57.7 Å². The number of carbonyl (C=O) groups excluding carboxylic acids is 4. The molecule has 0 unspecified atom stereocenters. The number of nitrogen functional groups attached to an aromatic ring is 1. The van der Waals surface area contributed by atoms with Crippen molar-refractivity contribution in [1.82, 2.24) is 19.6 Å². The maximum atomic E-state index is 13.9. The molecule has 3 heterocycles. The van der Waals surface area contributed by atoms with Crippen molar-refractivity contribution in [2.45, 2.75) is 63.3 Å². The molecule has 258 valence electrons. The van der Waals surface area contributed by atoms with Gasteiger partial charge in [0.2, 0.25) is 17.1 Å². The molecule has 3 N–H and O–H groups in total. The zero-order valence-electron chi connectivity index (χ0n) is 27.3. The summed E-state index contributed by atoms with van der Waals surface area (Å²) in [4.78, 5) is 64.7.